The van der Waals surface area contributed by atoms with Crippen molar-refractivity contribution < 1.29 is 18.4 Å². The van der Waals surface area contributed by atoms with Crippen LogP contribution in [0.25, 0.3) is 0 Å². The fourth-order valence-corrected chi connectivity index (χ4v) is 1.86. The lowest BCUT2D eigenvalue weighted by atomic mass is 9.98. The molecule has 4 nitrogen and oxygen atoms in total. The van der Waals surface area contributed by atoms with Crippen LogP contribution in [0.5, 0.6) is 0 Å². The molecular weight excluding hydrogens is 204 g/mol. The van der Waals surface area contributed by atoms with Gasteiger partial charge in [-0.05, 0) is 11.1 Å². The van der Waals surface area contributed by atoms with Crippen LogP contribution >= 0.6 is 0 Å². The zero-order valence-corrected chi connectivity index (χ0v) is 9.59. The Morgan fingerprint density at radius 2 is 1.29 bits per heavy atom. The van der Waals surface area contributed by atoms with Crippen molar-refractivity contribution in [3.8, 4) is 0 Å². The largest absolute Gasteiger partial charge is 0.771 e. The number of hydrogen-bond donors (Lipinski definition) is 0. The maximum Gasteiger partial charge on any atom is 0.157 e. The van der Waals surface area contributed by atoms with Gasteiger partial charge in [-0.2, -0.15) is 0 Å². The molecular formula is C9H15O4S-. The number of rotatable bonds is 5. The number of Topliss-reactive ketones (excluding diaryl/α,β-unsaturated/α-hetero) is 2. The fraction of sp³-hybridized carbons (Fsp3) is 0.778. The Morgan fingerprint density at radius 3 is 1.43 bits per heavy atom. The average Bonchev–Trinajstić information content (AvgIpc) is 2.03. The molecule has 0 fully saturated rings. The summed E-state index contributed by atoms with van der Waals surface area (Å²) in [5.41, 5.74) is 0. The van der Waals surface area contributed by atoms with Crippen molar-refractivity contribution in [3.63, 3.8) is 0 Å². The molecule has 0 bridgehead atoms. The molecule has 0 aromatic heterocycles. The van der Waals surface area contributed by atoms with Crippen LogP contribution in [0.4, 0.5) is 0 Å². The molecule has 0 aromatic rings. The lowest BCUT2D eigenvalue weighted by Gasteiger charge is -2.20. The summed E-state index contributed by atoms with van der Waals surface area (Å²) in [4.78, 5) is 22.8. The third-order valence-corrected chi connectivity index (χ3v) is 2.70. The second-order valence-corrected chi connectivity index (χ2v) is 4.75. The zero-order chi connectivity index (χ0) is 11.5. The number of hydrogen-bond acceptors (Lipinski definition) is 4. The summed E-state index contributed by atoms with van der Waals surface area (Å²) in [6, 6.07) is 0. The summed E-state index contributed by atoms with van der Waals surface area (Å²) >= 11 is -2.65. The number of ketones is 2. The van der Waals surface area contributed by atoms with E-state index in [4.69, 9.17) is 0 Å². The van der Waals surface area contributed by atoms with Gasteiger partial charge in [0.2, 0.25) is 0 Å². The first kappa shape index (κ1) is 13.4. The zero-order valence-electron chi connectivity index (χ0n) is 8.77. The topological polar surface area (TPSA) is 74.3 Å². The van der Waals surface area contributed by atoms with Crippen LogP contribution in [-0.4, -0.2) is 25.6 Å². The normalized spacial score (nSPS) is 13.7. The molecule has 0 N–H and O–H groups in total. The van der Waals surface area contributed by atoms with Crippen LogP contribution in [0.3, 0.4) is 0 Å². The molecule has 0 heterocycles. The second kappa shape index (κ2) is 5.36. The van der Waals surface area contributed by atoms with E-state index in [0.717, 1.165) is 0 Å². The molecule has 5 heteroatoms. The van der Waals surface area contributed by atoms with E-state index in [0.29, 0.717) is 0 Å². The minimum Gasteiger partial charge on any atom is -0.771 e. The van der Waals surface area contributed by atoms with Gasteiger partial charge in [-0.1, -0.05) is 27.7 Å². The lowest BCUT2D eigenvalue weighted by molar-refractivity contribution is -0.129. The van der Waals surface area contributed by atoms with Crippen molar-refractivity contribution in [3.05, 3.63) is 0 Å². The van der Waals surface area contributed by atoms with Crippen molar-refractivity contribution in [1.82, 2.24) is 0 Å². The van der Waals surface area contributed by atoms with E-state index in [1.807, 2.05) is 0 Å². The molecule has 0 aromatic carbocycles. The van der Waals surface area contributed by atoms with Crippen LogP contribution in [0.15, 0.2) is 0 Å². The first-order valence-electron chi connectivity index (χ1n) is 4.44. The molecule has 0 rings (SSSR count). The van der Waals surface area contributed by atoms with Crippen LogP contribution in [0, 0.1) is 11.8 Å². The highest BCUT2D eigenvalue weighted by atomic mass is 32.2. The van der Waals surface area contributed by atoms with Gasteiger partial charge in [-0.15, -0.1) is 0 Å². The Balaban J connectivity index is 4.88. The third-order valence-electron chi connectivity index (χ3n) is 1.85. The molecule has 0 spiro atoms. The maximum atomic E-state index is 11.4. The lowest BCUT2D eigenvalue weighted by Crippen LogP contribution is -2.39. The number of carbonyl (C=O) groups excluding carboxylic acids is 2. The summed E-state index contributed by atoms with van der Waals surface area (Å²) < 4.78 is 21.5. The molecule has 0 saturated carbocycles. The monoisotopic (exact) mass is 219 g/mol. The number of carbonyl (C=O) groups is 2. The van der Waals surface area contributed by atoms with E-state index < -0.39 is 39.7 Å². The first-order valence-corrected chi connectivity index (χ1v) is 5.58. The first-order chi connectivity index (χ1) is 6.29. The molecule has 0 aliphatic carbocycles. The summed E-state index contributed by atoms with van der Waals surface area (Å²) in [6.45, 7) is 6.32. The van der Waals surface area contributed by atoms with Gasteiger partial charge in [0.15, 0.2) is 11.6 Å². The molecule has 0 aliphatic rings. The van der Waals surface area contributed by atoms with Crippen LogP contribution in [-0.2, 0) is 20.7 Å². The van der Waals surface area contributed by atoms with Gasteiger partial charge in [0.1, 0.15) is 5.25 Å². The van der Waals surface area contributed by atoms with E-state index >= 15 is 0 Å². The Kier molecular flexibility index (Phi) is 5.15. The smallest absolute Gasteiger partial charge is 0.157 e. The van der Waals surface area contributed by atoms with E-state index in [1.165, 1.54) is 0 Å². The van der Waals surface area contributed by atoms with Gasteiger partial charge < -0.3 is 4.55 Å². The van der Waals surface area contributed by atoms with Crippen molar-refractivity contribution in [2.75, 3.05) is 0 Å². The van der Waals surface area contributed by atoms with E-state index in [9.17, 15) is 18.4 Å². The highest BCUT2D eigenvalue weighted by molar-refractivity contribution is 7.81. The second-order valence-electron chi connectivity index (χ2n) is 3.75. The Labute approximate surface area is 86.4 Å². The van der Waals surface area contributed by atoms with E-state index in [1.54, 1.807) is 27.7 Å². The summed E-state index contributed by atoms with van der Waals surface area (Å²) in [5, 5.41) is -1.49. The van der Waals surface area contributed by atoms with E-state index in [-0.39, 0.29) is 0 Å². The van der Waals surface area contributed by atoms with Crippen LogP contribution in [0.1, 0.15) is 27.7 Å². The van der Waals surface area contributed by atoms with Crippen molar-refractivity contribution in [2.45, 2.75) is 32.9 Å². The van der Waals surface area contributed by atoms with Gasteiger partial charge >= 0.3 is 0 Å². The Morgan fingerprint density at radius 1 is 1.00 bits per heavy atom. The molecule has 14 heavy (non-hydrogen) atoms. The van der Waals surface area contributed by atoms with Crippen molar-refractivity contribution >= 4 is 22.6 Å². The van der Waals surface area contributed by atoms with Gasteiger partial charge in [0.05, 0.1) is 0 Å². The Hall–Kier alpha value is -0.550. The fourth-order valence-electron chi connectivity index (χ4n) is 0.935. The minimum atomic E-state index is -2.65. The highest BCUT2D eigenvalue weighted by Gasteiger charge is 2.30. The third kappa shape index (κ3) is 3.31. The minimum absolute atomic E-state index is 0.444. The van der Waals surface area contributed by atoms with Gasteiger partial charge in [0, 0.05) is 11.8 Å². The Bertz CT molecular complexity index is 238. The molecule has 0 aliphatic heterocycles. The molecule has 1 atom stereocenters. The average molecular weight is 219 g/mol. The highest BCUT2D eigenvalue weighted by Crippen LogP contribution is 2.11. The standard InChI is InChI=1S/C9H16O4S/c1-5(2)7(10)9(14(12)13)8(11)6(3)4/h5-6,9H,1-4H3,(H,12,13)/p-1. The molecule has 0 amide bonds. The van der Waals surface area contributed by atoms with Crippen LogP contribution in [0.2, 0.25) is 0 Å². The quantitative estimate of drug-likeness (QED) is 0.503. The predicted molar refractivity (Wildman–Crippen MR) is 52.4 cm³/mol. The molecule has 1 unspecified atom stereocenters. The van der Waals surface area contributed by atoms with Gasteiger partial charge in [-0.25, -0.2) is 0 Å². The van der Waals surface area contributed by atoms with Crippen LogP contribution < -0.4 is 0 Å². The molecule has 0 saturated heterocycles. The summed E-state index contributed by atoms with van der Waals surface area (Å²) in [5.74, 6) is -1.95. The van der Waals surface area contributed by atoms with Gasteiger partial charge in [-0.3, -0.25) is 13.8 Å². The van der Waals surface area contributed by atoms with Gasteiger partial charge in [0.25, 0.3) is 0 Å². The van der Waals surface area contributed by atoms with Crippen molar-refractivity contribution in [2.24, 2.45) is 11.8 Å². The molecule has 0 radical (unpaired) electrons. The predicted octanol–water partition coefficient (Wildman–Crippen LogP) is 0.684. The summed E-state index contributed by atoms with van der Waals surface area (Å²) in [6.07, 6.45) is 0. The maximum absolute atomic E-state index is 11.4. The molecule has 82 valence electrons. The SMILES string of the molecule is CC(C)C(=O)C(C(=O)C(C)C)S(=O)[O-]. The van der Waals surface area contributed by atoms with E-state index in [2.05, 4.69) is 0 Å². The summed E-state index contributed by atoms with van der Waals surface area (Å²) in [7, 11) is 0. The van der Waals surface area contributed by atoms with Crippen molar-refractivity contribution in [1.29, 1.82) is 0 Å².